The van der Waals surface area contributed by atoms with Crippen LogP contribution in [0.2, 0.25) is 0 Å². The van der Waals surface area contributed by atoms with Crippen molar-refractivity contribution in [3.63, 3.8) is 0 Å². The van der Waals surface area contributed by atoms with Crippen LogP contribution < -0.4 is 4.90 Å². The van der Waals surface area contributed by atoms with E-state index in [0.29, 0.717) is 0 Å². The van der Waals surface area contributed by atoms with Crippen molar-refractivity contribution in [2.45, 2.75) is 13.5 Å². The zero-order valence-electron chi connectivity index (χ0n) is 12.2. The summed E-state index contributed by atoms with van der Waals surface area (Å²) in [5.74, 6) is 0.954. The van der Waals surface area contributed by atoms with Crippen LogP contribution in [-0.2, 0) is 6.54 Å². The van der Waals surface area contributed by atoms with E-state index in [0.717, 1.165) is 38.5 Å². The summed E-state index contributed by atoms with van der Waals surface area (Å²) in [7, 11) is 2.18. The summed E-state index contributed by atoms with van der Waals surface area (Å²) < 4.78 is 1.93. The monoisotopic (exact) mass is 271 g/mol. The lowest BCUT2D eigenvalue weighted by atomic mass is 10.1. The third kappa shape index (κ3) is 2.82. The Kier molecular flexibility index (Phi) is 3.69. The number of rotatable bonds is 3. The molecule has 106 valence electrons. The topological polar surface area (TPSA) is 37.2 Å². The minimum Gasteiger partial charge on any atom is -0.369 e. The second-order valence-electron chi connectivity index (χ2n) is 5.43. The molecule has 0 bridgehead atoms. The average Bonchev–Trinajstić information content (AvgIpc) is 2.85. The fraction of sp³-hybridized carbons (Fsp3) is 0.467. The number of hydrogen-bond acceptors (Lipinski definition) is 4. The van der Waals surface area contributed by atoms with Crippen molar-refractivity contribution in [2.75, 3.05) is 38.1 Å². The zero-order chi connectivity index (χ0) is 13.9. The Hall–Kier alpha value is -1.88. The molecular formula is C15H21N5. The van der Waals surface area contributed by atoms with Gasteiger partial charge in [-0.2, -0.15) is 5.10 Å². The van der Waals surface area contributed by atoms with Crippen molar-refractivity contribution in [1.29, 1.82) is 0 Å². The van der Waals surface area contributed by atoms with Crippen LogP contribution in [0.5, 0.6) is 0 Å². The summed E-state index contributed by atoms with van der Waals surface area (Å²) in [4.78, 5) is 9.00. The molecule has 1 saturated heterocycles. The van der Waals surface area contributed by atoms with Gasteiger partial charge in [0.1, 0.15) is 12.2 Å². The van der Waals surface area contributed by atoms with Crippen LogP contribution in [0.3, 0.4) is 0 Å². The average molecular weight is 271 g/mol. The standard InChI is InChI=1S/C15H21N5/c1-13-16-12-17-20(13)11-14-4-3-5-15(10-14)19-8-6-18(2)7-9-19/h3-5,10,12H,6-9,11H2,1-2H3. The summed E-state index contributed by atoms with van der Waals surface area (Å²) in [5.41, 5.74) is 2.59. The van der Waals surface area contributed by atoms with E-state index < -0.39 is 0 Å². The summed E-state index contributed by atoms with van der Waals surface area (Å²) in [6.07, 6.45) is 1.61. The van der Waals surface area contributed by atoms with Crippen molar-refractivity contribution < 1.29 is 0 Å². The quantitative estimate of drug-likeness (QED) is 0.845. The van der Waals surface area contributed by atoms with Crippen molar-refractivity contribution in [2.24, 2.45) is 0 Å². The van der Waals surface area contributed by atoms with Crippen LogP contribution >= 0.6 is 0 Å². The van der Waals surface area contributed by atoms with Gasteiger partial charge in [0.15, 0.2) is 0 Å². The smallest absolute Gasteiger partial charge is 0.138 e. The first-order valence-corrected chi connectivity index (χ1v) is 7.09. The Morgan fingerprint density at radius 2 is 1.95 bits per heavy atom. The van der Waals surface area contributed by atoms with Gasteiger partial charge in [0.25, 0.3) is 0 Å². The molecule has 3 rings (SSSR count). The normalized spacial score (nSPS) is 16.6. The molecule has 2 aromatic rings. The van der Waals surface area contributed by atoms with Gasteiger partial charge < -0.3 is 9.80 Å². The maximum absolute atomic E-state index is 4.25. The molecule has 0 radical (unpaired) electrons. The first-order valence-electron chi connectivity index (χ1n) is 7.09. The van der Waals surface area contributed by atoms with Gasteiger partial charge in [-0.05, 0) is 31.7 Å². The molecule has 1 fully saturated rings. The molecule has 0 saturated carbocycles. The molecule has 1 aliphatic rings. The van der Waals surface area contributed by atoms with E-state index in [1.807, 2.05) is 11.6 Å². The van der Waals surface area contributed by atoms with Crippen molar-refractivity contribution in [3.05, 3.63) is 42.0 Å². The lowest BCUT2D eigenvalue weighted by Gasteiger charge is -2.34. The van der Waals surface area contributed by atoms with Crippen molar-refractivity contribution in [3.8, 4) is 0 Å². The molecule has 0 spiro atoms. The fourth-order valence-corrected chi connectivity index (χ4v) is 2.57. The second kappa shape index (κ2) is 5.63. The van der Waals surface area contributed by atoms with Gasteiger partial charge >= 0.3 is 0 Å². The second-order valence-corrected chi connectivity index (χ2v) is 5.43. The number of aromatic nitrogens is 3. The van der Waals surface area contributed by atoms with Gasteiger partial charge in [-0.3, -0.25) is 0 Å². The number of aryl methyl sites for hydroxylation is 1. The number of piperazine rings is 1. The van der Waals surface area contributed by atoms with Gasteiger partial charge in [0, 0.05) is 31.9 Å². The minimum atomic E-state index is 0.785. The van der Waals surface area contributed by atoms with Crippen LogP contribution in [0.25, 0.3) is 0 Å². The predicted octanol–water partition coefficient (Wildman–Crippen LogP) is 1.39. The number of hydrogen-bond donors (Lipinski definition) is 0. The van der Waals surface area contributed by atoms with Gasteiger partial charge in [-0.25, -0.2) is 9.67 Å². The molecule has 20 heavy (non-hydrogen) atoms. The van der Waals surface area contributed by atoms with E-state index in [4.69, 9.17) is 0 Å². The van der Waals surface area contributed by atoms with Crippen LogP contribution in [0.4, 0.5) is 5.69 Å². The summed E-state index contributed by atoms with van der Waals surface area (Å²) in [6, 6.07) is 8.76. The molecule has 1 aliphatic heterocycles. The Morgan fingerprint density at radius 3 is 2.65 bits per heavy atom. The minimum absolute atomic E-state index is 0.785. The van der Waals surface area contributed by atoms with E-state index in [-0.39, 0.29) is 0 Å². The lowest BCUT2D eigenvalue weighted by Crippen LogP contribution is -2.44. The summed E-state index contributed by atoms with van der Waals surface area (Å²) >= 11 is 0. The first-order chi connectivity index (χ1) is 9.72. The molecule has 5 nitrogen and oxygen atoms in total. The SMILES string of the molecule is Cc1ncnn1Cc1cccc(N2CCN(C)CC2)c1. The van der Waals surface area contributed by atoms with Crippen LogP contribution in [0.15, 0.2) is 30.6 Å². The van der Waals surface area contributed by atoms with Crippen molar-refractivity contribution in [1.82, 2.24) is 19.7 Å². The van der Waals surface area contributed by atoms with E-state index in [1.54, 1.807) is 6.33 Å². The Bertz CT molecular complexity index is 569. The Labute approximate surface area is 119 Å². The fourth-order valence-electron chi connectivity index (χ4n) is 2.57. The van der Waals surface area contributed by atoms with E-state index in [1.165, 1.54) is 11.3 Å². The third-order valence-corrected chi connectivity index (χ3v) is 3.92. The molecule has 1 aromatic carbocycles. The largest absolute Gasteiger partial charge is 0.369 e. The van der Waals surface area contributed by atoms with Crippen LogP contribution in [0, 0.1) is 6.92 Å². The van der Waals surface area contributed by atoms with E-state index in [9.17, 15) is 0 Å². The van der Waals surface area contributed by atoms with Gasteiger partial charge in [0.05, 0.1) is 6.54 Å². The van der Waals surface area contributed by atoms with E-state index in [2.05, 4.69) is 51.2 Å². The van der Waals surface area contributed by atoms with E-state index >= 15 is 0 Å². The molecule has 1 aromatic heterocycles. The number of likely N-dealkylation sites (N-methyl/N-ethyl adjacent to an activating group) is 1. The molecule has 0 atom stereocenters. The molecule has 0 unspecified atom stereocenters. The lowest BCUT2D eigenvalue weighted by molar-refractivity contribution is 0.313. The summed E-state index contributed by atoms with van der Waals surface area (Å²) in [6.45, 7) is 7.23. The molecule has 0 aliphatic carbocycles. The maximum Gasteiger partial charge on any atom is 0.138 e. The first kappa shape index (κ1) is 13.1. The Morgan fingerprint density at radius 1 is 1.15 bits per heavy atom. The molecule has 5 heteroatoms. The number of nitrogens with zero attached hydrogens (tertiary/aromatic N) is 5. The molecular weight excluding hydrogens is 250 g/mol. The van der Waals surface area contributed by atoms with Crippen LogP contribution in [-0.4, -0.2) is 52.9 Å². The highest BCUT2D eigenvalue weighted by atomic mass is 15.3. The van der Waals surface area contributed by atoms with Gasteiger partial charge in [0.2, 0.25) is 0 Å². The third-order valence-electron chi connectivity index (χ3n) is 3.92. The molecule has 2 heterocycles. The maximum atomic E-state index is 4.25. The van der Waals surface area contributed by atoms with Gasteiger partial charge in [-0.1, -0.05) is 12.1 Å². The van der Waals surface area contributed by atoms with Gasteiger partial charge in [-0.15, -0.1) is 0 Å². The predicted molar refractivity (Wildman–Crippen MR) is 80.0 cm³/mol. The highest BCUT2D eigenvalue weighted by Crippen LogP contribution is 2.18. The highest BCUT2D eigenvalue weighted by molar-refractivity contribution is 5.49. The number of anilines is 1. The van der Waals surface area contributed by atoms with Crippen molar-refractivity contribution >= 4 is 5.69 Å². The highest BCUT2D eigenvalue weighted by Gasteiger charge is 2.14. The number of benzene rings is 1. The molecule has 0 N–H and O–H groups in total. The summed E-state index contributed by atoms with van der Waals surface area (Å²) in [5, 5.41) is 4.25. The molecule has 0 amide bonds. The van der Waals surface area contributed by atoms with Crippen LogP contribution in [0.1, 0.15) is 11.4 Å². The zero-order valence-corrected chi connectivity index (χ0v) is 12.2. The Balaban J connectivity index is 1.74.